The first-order chi connectivity index (χ1) is 14.3. The van der Waals surface area contributed by atoms with E-state index >= 15 is 0 Å². The number of hydrogen-bond donors (Lipinski definition) is 0. The number of methoxy groups -OCH3 is 1. The molecule has 1 heterocycles. The van der Waals surface area contributed by atoms with Gasteiger partial charge in [0.25, 0.3) is 5.56 Å². The van der Waals surface area contributed by atoms with Crippen molar-refractivity contribution < 1.29 is 23.1 Å². The fourth-order valence-corrected chi connectivity index (χ4v) is 3.16. The molecule has 3 rings (SSSR count). The number of aromatic nitrogens is 2. The minimum absolute atomic E-state index is 0.174. The molecule has 0 aliphatic carbocycles. The summed E-state index contributed by atoms with van der Waals surface area (Å²) < 4.78 is 33.1. The number of benzene rings is 2. The van der Waals surface area contributed by atoms with Crippen LogP contribution in [0, 0.1) is 11.6 Å². The number of amides is 1. The van der Waals surface area contributed by atoms with Crippen LogP contribution in [0.4, 0.5) is 8.78 Å². The molecule has 3 aromatic rings. The second-order valence-electron chi connectivity index (χ2n) is 6.41. The minimum atomic E-state index is -1.07. The Bertz CT molecular complexity index is 1180. The van der Waals surface area contributed by atoms with E-state index in [1.54, 1.807) is 18.2 Å². The average Bonchev–Trinajstić information content (AvgIpc) is 2.72. The number of halogens is 3. The van der Waals surface area contributed by atoms with Gasteiger partial charge in [0.2, 0.25) is 5.91 Å². The topological polar surface area (TPSA) is 81.5 Å². The smallest absolute Gasteiger partial charge is 0.325 e. The standard InChI is InChI=1S/C20H16BrF2N3O4/c1-30-19(28)10-25(8-12-2-4-15(22)16(23)6-12)18(27)9-26-11-24-17-5-3-13(21)7-14(17)20(26)29/h2-7,11H,8-10H2,1H3. The average molecular weight is 480 g/mol. The highest BCUT2D eigenvalue weighted by Crippen LogP contribution is 2.15. The molecule has 0 aliphatic rings. The molecule has 0 atom stereocenters. The molecule has 30 heavy (non-hydrogen) atoms. The lowest BCUT2D eigenvalue weighted by molar-refractivity contribution is -0.147. The molecule has 0 N–H and O–H groups in total. The monoisotopic (exact) mass is 479 g/mol. The van der Waals surface area contributed by atoms with E-state index in [1.807, 2.05) is 0 Å². The van der Waals surface area contributed by atoms with E-state index in [4.69, 9.17) is 0 Å². The molecule has 1 amide bonds. The Balaban J connectivity index is 1.88. The summed E-state index contributed by atoms with van der Waals surface area (Å²) in [5.41, 5.74) is 0.319. The summed E-state index contributed by atoms with van der Waals surface area (Å²) in [4.78, 5) is 42.5. The number of carbonyl (C=O) groups is 2. The normalized spacial score (nSPS) is 10.8. The van der Waals surface area contributed by atoms with Gasteiger partial charge in [0, 0.05) is 11.0 Å². The first kappa shape index (κ1) is 21.6. The van der Waals surface area contributed by atoms with E-state index in [0.29, 0.717) is 15.4 Å². The van der Waals surface area contributed by atoms with Crippen molar-refractivity contribution in [1.82, 2.24) is 14.5 Å². The Morgan fingerprint density at radius 2 is 1.93 bits per heavy atom. The number of hydrogen-bond acceptors (Lipinski definition) is 5. The molecule has 156 valence electrons. The minimum Gasteiger partial charge on any atom is -0.468 e. The van der Waals surface area contributed by atoms with Crippen LogP contribution < -0.4 is 5.56 Å². The van der Waals surface area contributed by atoms with Crippen molar-refractivity contribution in [2.24, 2.45) is 0 Å². The van der Waals surface area contributed by atoms with E-state index in [1.165, 1.54) is 12.4 Å². The van der Waals surface area contributed by atoms with Crippen LogP contribution in [0.15, 0.2) is 52.0 Å². The zero-order chi connectivity index (χ0) is 21.8. The SMILES string of the molecule is COC(=O)CN(Cc1ccc(F)c(F)c1)C(=O)Cn1cnc2ccc(Br)cc2c1=O. The molecule has 0 bridgehead atoms. The predicted molar refractivity (Wildman–Crippen MR) is 107 cm³/mol. The van der Waals surface area contributed by atoms with Crippen molar-refractivity contribution in [3.05, 3.63) is 74.7 Å². The third-order valence-corrected chi connectivity index (χ3v) is 4.84. The zero-order valence-electron chi connectivity index (χ0n) is 15.8. The van der Waals surface area contributed by atoms with Crippen LogP contribution in [-0.4, -0.2) is 40.0 Å². The Morgan fingerprint density at radius 3 is 2.63 bits per heavy atom. The maximum absolute atomic E-state index is 13.5. The quantitative estimate of drug-likeness (QED) is 0.507. The number of fused-ring (bicyclic) bond motifs is 1. The van der Waals surface area contributed by atoms with Crippen LogP contribution in [0.1, 0.15) is 5.56 Å². The first-order valence-electron chi connectivity index (χ1n) is 8.71. The number of ether oxygens (including phenoxy) is 1. The van der Waals surface area contributed by atoms with Gasteiger partial charge in [-0.2, -0.15) is 0 Å². The van der Waals surface area contributed by atoms with Crippen molar-refractivity contribution in [2.45, 2.75) is 13.1 Å². The van der Waals surface area contributed by atoms with Crippen LogP contribution in [-0.2, 0) is 27.4 Å². The van der Waals surface area contributed by atoms with Gasteiger partial charge in [-0.05, 0) is 35.9 Å². The second kappa shape index (κ2) is 9.12. The van der Waals surface area contributed by atoms with Crippen LogP contribution >= 0.6 is 15.9 Å². The molecule has 0 radical (unpaired) electrons. The van der Waals surface area contributed by atoms with Crippen molar-refractivity contribution >= 4 is 38.7 Å². The maximum Gasteiger partial charge on any atom is 0.325 e. The maximum atomic E-state index is 13.5. The molecule has 0 saturated heterocycles. The molecule has 2 aromatic carbocycles. The van der Waals surface area contributed by atoms with E-state index in [0.717, 1.165) is 28.7 Å². The van der Waals surface area contributed by atoms with Crippen LogP contribution in [0.2, 0.25) is 0 Å². The van der Waals surface area contributed by atoms with Gasteiger partial charge in [0.05, 0.1) is 24.3 Å². The molecular weight excluding hydrogens is 464 g/mol. The summed E-state index contributed by atoms with van der Waals surface area (Å²) in [6.45, 7) is -0.989. The van der Waals surface area contributed by atoms with Gasteiger partial charge >= 0.3 is 5.97 Å². The van der Waals surface area contributed by atoms with Crippen LogP contribution in [0.25, 0.3) is 10.9 Å². The Hall–Kier alpha value is -3.14. The van der Waals surface area contributed by atoms with Crippen molar-refractivity contribution in [2.75, 3.05) is 13.7 Å². The number of rotatable bonds is 6. The lowest BCUT2D eigenvalue weighted by Crippen LogP contribution is -2.39. The summed E-state index contributed by atoms with van der Waals surface area (Å²) in [5.74, 6) is -3.38. The molecule has 0 fully saturated rings. The van der Waals surface area contributed by atoms with Gasteiger partial charge in [-0.1, -0.05) is 22.0 Å². The first-order valence-corrected chi connectivity index (χ1v) is 9.51. The summed E-state index contributed by atoms with van der Waals surface area (Å²) in [7, 11) is 1.16. The van der Waals surface area contributed by atoms with Crippen LogP contribution in [0.3, 0.4) is 0 Å². The highest BCUT2D eigenvalue weighted by molar-refractivity contribution is 9.10. The van der Waals surface area contributed by atoms with Crippen molar-refractivity contribution in [3.63, 3.8) is 0 Å². The fraction of sp³-hybridized carbons (Fsp3) is 0.200. The van der Waals surface area contributed by atoms with E-state index in [-0.39, 0.29) is 12.1 Å². The van der Waals surface area contributed by atoms with Gasteiger partial charge in [0.15, 0.2) is 11.6 Å². The molecule has 10 heteroatoms. The molecule has 7 nitrogen and oxygen atoms in total. The lowest BCUT2D eigenvalue weighted by atomic mass is 10.2. The summed E-state index contributed by atoms with van der Waals surface area (Å²) >= 11 is 3.29. The second-order valence-corrected chi connectivity index (χ2v) is 7.33. The Labute approximate surface area is 178 Å². The number of nitrogens with zero attached hydrogens (tertiary/aromatic N) is 3. The lowest BCUT2D eigenvalue weighted by Gasteiger charge is -2.22. The van der Waals surface area contributed by atoms with E-state index in [2.05, 4.69) is 25.7 Å². The van der Waals surface area contributed by atoms with Crippen molar-refractivity contribution in [1.29, 1.82) is 0 Å². The van der Waals surface area contributed by atoms with Gasteiger partial charge in [-0.25, -0.2) is 13.8 Å². The zero-order valence-corrected chi connectivity index (χ0v) is 17.4. The van der Waals surface area contributed by atoms with Crippen molar-refractivity contribution in [3.8, 4) is 0 Å². The van der Waals surface area contributed by atoms with Gasteiger partial charge in [-0.3, -0.25) is 19.0 Å². The van der Waals surface area contributed by atoms with E-state index in [9.17, 15) is 23.2 Å². The molecule has 1 aromatic heterocycles. The van der Waals surface area contributed by atoms with Gasteiger partial charge in [0.1, 0.15) is 13.1 Å². The van der Waals surface area contributed by atoms with E-state index < -0.39 is 42.2 Å². The third kappa shape index (κ3) is 4.88. The van der Waals surface area contributed by atoms with Gasteiger partial charge < -0.3 is 9.64 Å². The Morgan fingerprint density at radius 1 is 1.17 bits per heavy atom. The molecule has 0 aliphatic heterocycles. The Kier molecular flexibility index (Phi) is 6.56. The number of esters is 1. The summed E-state index contributed by atoms with van der Waals surface area (Å²) in [6.07, 6.45) is 1.24. The molecule has 0 spiro atoms. The predicted octanol–water partition coefficient (Wildman–Crippen LogP) is 2.64. The van der Waals surface area contributed by atoms with Gasteiger partial charge in [-0.15, -0.1) is 0 Å². The summed E-state index contributed by atoms with van der Waals surface area (Å²) in [5, 5.41) is 0.319. The summed E-state index contributed by atoms with van der Waals surface area (Å²) in [6, 6.07) is 8.18. The molecule has 0 unspecified atom stereocenters. The largest absolute Gasteiger partial charge is 0.468 e. The molecule has 0 saturated carbocycles. The third-order valence-electron chi connectivity index (χ3n) is 4.35. The number of carbonyl (C=O) groups excluding carboxylic acids is 2. The highest BCUT2D eigenvalue weighted by Gasteiger charge is 2.20. The fourth-order valence-electron chi connectivity index (χ4n) is 2.80. The highest BCUT2D eigenvalue weighted by atomic mass is 79.9. The molecular formula is C20H16BrF2N3O4. The van der Waals surface area contributed by atoms with Crippen LogP contribution in [0.5, 0.6) is 0 Å².